The highest BCUT2D eigenvalue weighted by Gasteiger charge is 2.13. The van der Waals surface area contributed by atoms with Crippen LogP contribution in [0.1, 0.15) is 18.4 Å². The zero-order chi connectivity index (χ0) is 20.3. The van der Waals surface area contributed by atoms with Gasteiger partial charge in [0, 0.05) is 35.2 Å². The highest BCUT2D eigenvalue weighted by atomic mass is 16.5. The van der Waals surface area contributed by atoms with E-state index in [9.17, 15) is 0 Å². The van der Waals surface area contributed by atoms with E-state index in [0.29, 0.717) is 5.82 Å². The number of benzene rings is 2. The average Bonchev–Trinajstić information content (AvgIpc) is 3.04. The van der Waals surface area contributed by atoms with Gasteiger partial charge >= 0.3 is 0 Å². The van der Waals surface area contributed by atoms with Crippen LogP contribution in [-0.4, -0.2) is 28.3 Å². The lowest BCUT2D eigenvalue weighted by Crippen LogP contribution is -2.00. The fraction of sp³-hybridized carbons (Fsp3) is 0.167. The molecule has 0 radical (unpaired) electrons. The number of nitrogens with one attached hydrogen (secondary N) is 1. The van der Waals surface area contributed by atoms with Crippen LogP contribution in [0, 0.1) is 0 Å². The van der Waals surface area contributed by atoms with Gasteiger partial charge in [0.2, 0.25) is 0 Å². The predicted octanol–water partition coefficient (Wildman–Crippen LogP) is 5.48. The highest BCUT2D eigenvalue weighted by molar-refractivity contribution is 5.93. The van der Waals surface area contributed by atoms with Crippen molar-refractivity contribution in [3.05, 3.63) is 66.5 Å². The molecule has 0 aliphatic carbocycles. The SMILES string of the molecule is COc1ccc2nc(-c3cccnc3)nc(Nc3ccc4c(c3)N=CCCC4)c2c1. The van der Waals surface area contributed by atoms with Gasteiger partial charge < -0.3 is 10.1 Å². The Kier molecular flexibility index (Phi) is 4.81. The van der Waals surface area contributed by atoms with Crippen LogP contribution in [0.15, 0.2) is 65.9 Å². The smallest absolute Gasteiger partial charge is 0.163 e. The Balaban J connectivity index is 1.62. The molecule has 1 aliphatic heterocycles. The first-order chi connectivity index (χ1) is 14.8. The van der Waals surface area contributed by atoms with E-state index in [1.54, 1.807) is 19.5 Å². The van der Waals surface area contributed by atoms with Crippen LogP contribution in [-0.2, 0) is 6.42 Å². The van der Waals surface area contributed by atoms with E-state index in [0.717, 1.165) is 58.7 Å². The maximum atomic E-state index is 5.42. The Labute approximate surface area is 174 Å². The van der Waals surface area contributed by atoms with Crippen molar-refractivity contribution in [2.75, 3.05) is 12.4 Å². The summed E-state index contributed by atoms with van der Waals surface area (Å²) >= 11 is 0. The molecular formula is C24H21N5O. The second kappa shape index (κ2) is 7.91. The van der Waals surface area contributed by atoms with Gasteiger partial charge in [-0.1, -0.05) is 6.07 Å². The maximum absolute atomic E-state index is 5.42. The fourth-order valence-corrected chi connectivity index (χ4v) is 3.61. The third kappa shape index (κ3) is 3.59. The number of aromatic nitrogens is 3. The lowest BCUT2D eigenvalue weighted by atomic mass is 10.1. The molecule has 0 saturated carbocycles. The molecule has 0 amide bonds. The number of fused-ring (bicyclic) bond motifs is 2. The predicted molar refractivity (Wildman–Crippen MR) is 120 cm³/mol. The normalized spacial score (nSPS) is 13.0. The van der Waals surface area contributed by atoms with E-state index < -0.39 is 0 Å². The number of pyridine rings is 1. The van der Waals surface area contributed by atoms with Crippen molar-refractivity contribution >= 4 is 34.3 Å². The maximum Gasteiger partial charge on any atom is 0.163 e. The summed E-state index contributed by atoms with van der Waals surface area (Å²) in [4.78, 5) is 18.4. The van der Waals surface area contributed by atoms with Gasteiger partial charge in [0.15, 0.2) is 5.82 Å². The molecule has 30 heavy (non-hydrogen) atoms. The molecular weight excluding hydrogens is 374 g/mol. The van der Waals surface area contributed by atoms with Gasteiger partial charge in [-0.15, -0.1) is 0 Å². The minimum Gasteiger partial charge on any atom is -0.497 e. The van der Waals surface area contributed by atoms with Crippen LogP contribution in [0.5, 0.6) is 5.75 Å². The molecule has 5 rings (SSSR count). The molecule has 0 saturated heterocycles. The molecule has 4 aromatic rings. The van der Waals surface area contributed by atoms with E-state index in [2.05, 4.69) is 33.5 Å². The Morgan fingerprint density at radius 3 is 2.87 bits per heavy atom. The first kappa shape index (κ1) is 18.2. The van der Waals surface area contributed by atoms with E-state index in [-0.39, 0.29) is 0 Å². The van der Waals surface area contributed by atoms with Gasteiger partial charge in [-0.05, 0) is 67.3 Å². The Bertz CT molecular complexity index is 1240. The zero-order valence-electron chi connectivity index (χ0n) is 16.7. The molecule has 1 N–H and O–H groups in total. The molecule has 2 aromatic heterocycles. The van der Waals surface area contributed by atoms with Gasteiger partial charge in [0.25, 0.3) is 0 Å². The zero-order valence-corrected chi connectivity index (χ0v) is 16.7. The summed E-state index contributed by atoms with van der Waals surface area (Å²) in [5.41, 5.74) is 4.93. The molecule has 6 heteroatoms. The minimum atomic E-state index is 0.621. The lowest BCUT2D eigenvalue weighted by molar-refractivity contribution is 0.415. The van der Waals surface area contributed by atoms with E-state index >= 15 is 0 Å². The van der Waals surface area contributed by atoms with E-state index in [4.69, 9.17) is 14.7 Å². The highest BCUT2D eigenvalue weighted by Crippen LogP contribution is 2.32. The number of anilines is 2. The topological polar surface area (TPSA) is 72.3 Å². The largest absolute Gasteiger partial charge is 0.497 e. The van der Waals surface area contributed by atoms with Crippen molar-refractivity contribution in [1.29, 1.82) is 0 Å². The van der Waals surface area contributed by atoms with Crippen LogP contribution in [0.25, 0.3) is 22.3 Å². The van der Waals surface area contributed by atoms with Gasteiger partial charge in [0.1, 0.15) is 11.6 Å². The Morgan fingerprint density at radius 1 is 1.03 bits per heavy atom. The van der Waals surface area contributed by atoms with Crippen molar-refractivity contribution in [3.8, 4) is 17.1 Å². The number of aliphatic imine (C=N–C) groups is 1. The van der Waals surface area contributed by atoms with Crippen molar-refractivity contribution in [3.63, 3.8) is 0 Å². The van der Waals surface area contributed by atoms with Crippen molar-refractivity contribution in [2.45, 2.75) is 19.3 Å². The van der Waals surface area contributed by atoms with Gasteiger partial charge in [-0.3, -0.25) is 9.98 Å². The average molecular weight is 395 g/mol. The first-order valence-corrected chi connectivity index (χ1v) is 9.99. The third-order valence-corrected chi connectivity index (χ3v) is 5.18. The standard InChI is InChI=1S/C24H21N5O/c1-30-19-9-10-21-20(14-19)24(29-23(28-21)17-6-4-11-25-15-17)27-18-8-7-16-5-2-3-12-26-22(16)13-18/h4,6-15H,2-3,5H2,1H3,(H,27,28,29). The van der Waals surface area contributed by atoms with Gasteiger partial charge in [0.05, 0.1) is 18.3 Å². The van der Waals surface area contributed by atoms with E-state index in [1.165, 1.54) is 5.56 Å². The number of methoxy groups -OCH3 is 1. The summed E-state index contributed by atoms with van der Waals surface area (Å²) in [6.45, 7) is 0. The molecule has 2 aromatic carbocycles. The summed E-state index contributed by atoms with van der Waals surface area (Å²) in [6, 6.07) is 15.9. The molecule has 0 bridgehead atoms. The molecule has 6 nitrogen and oxygen atoms in total. The van der Waals surface area contributed by atoms with Crippen LogP contribution in [0.3, 0.4) is 0 Å². The van der Waals surface area contributed by atoms with Crippen LogP contribution in [0.4, 0.5) is 17.2 Å². The van der Waals surface area contributed by atoms with Gasteiger partial charge in [-0.25, -0.2) is 9.97 Å². The van der Waals surface area contributed by atoms with Crippen molar-refractivity contribution in [1.82, 2.24) is 15.0 Å². The fourth-order valence-electron chi connectivity index (χ4n) is 3.61. The summed E-state index contributed by atoms with van der Waals surface area (Å²) in [5, 5.41) is 4.37. The minimum absolute atomic E-state index is 0.621. The second-order valence-corrected chi connectivity index (χ2v) is 7.19. The molecule has 0 unspecified atom stereocenters. The third-order valence-electron chi connectivity index (χ3n) is 5.18. The number of hydrogen-bond acceptors (Lipinski definition) is 6. The monoisotopic (exact) mass is 395 g/mol. The molecule has 1 aliphatic rings. The lowest BCUT2D eigenvalue weighted by Gasteiger charge is -2.13. The molecule has 148 valence electrons. The summed E-state index contributed by atoms with van der Waals surface area (Å²) in [5.74, 6) is 2.10. The Morgan fingerprint density at radius 2 is 2.00 bits per heavy atom. The molecule has 3 heterocycles. The second-order valence-electron chi connectivity index (χ2n) is 7.19. The summed E-state index contributed by atoms with van der Waals surface area (Å²) in [6.07, 6.45) is 8.71. The number of rotatable bonds is 4. The Hall–Kier alpha value is -3.80. The molecule has 0 spiro atoms. The van der Waals surface area contributed by atoms with Crippen LogP contribution < -0.4 is 10.1 Å². The number of nitrogens with zero attached hydrogens (tertiary/aromatic N) is 4. The van der Waals surface area contributed by atoms with Crippen LogP contribution >= 0.6 is 0 Å². The number of ether oxygens (including phenoxy) is 1. The van der Waals surface area contributed by atoms with Crippen molar-refractivity contribution in [2.24, 2.45) is 4.99 Å². The molecule has 0 atom stereocenters. The summed E-state index contributed by atoms with van der Waals surface area (Å²) in [7, 11) is 1.66. The number of aryl methyl sites for hydroxylation is 1. The van der Waals surface area contributed by atoms with Gasteiger partial charge in [-0.2, -0.15) is 0 Å². The first-order valence-electron chi connectivity index (χ1n) is 9.99. The summed E-state index contributed by atoms with van der Waals surface area (Å²) < 4.78 is 5.42. The quantitative estimate of drug-likeness (QED) is 0.495. The number of hydrogen-bond donors (Lipinski definition) is 1. The van der Waals surface area contributed by atoms with Crippen LogP contribution in [0.2, 0.25) is 0 Å². The molecule has 0 fully saturated rings. The van der Waals surface area contributed by atoms with E-state index in [1.807, 2.05) is 36.5 Å². The van der Waals surface area contributed by atoms with Crippen molar-refractivity contribution < 1.29 is 4.74 Å².